The van der Waals surface area contributed by atoms with Gasteiger partial charge in [-0.2, -0.15) is 4.68 Å². The Hall–Kier alpha value is -2.33. The first-order valence-electron chi connectivity index (χ1n) is 7.72. The molecule has 130 valence electrons. The van der Waals surface area contributed by atoms with Crippen molar-refractivity contribution < 1.29 is 4.79 Å². The van der Waals surface area contributed by atoms with E-state index in [1.165, 1.54) is 23.1 Å². The Morgan fingerprint density at radius 2 is 2.04 bits per heavy atom. The fourth-order valence-electron chi connectivity index (χ4n) is 1.97. The van der Waals surface area contributed by atoms with Crippen molar-refractivity contribution in [3.8, 4) is 5.69 Å². The Labute approximate surface area is 153 Å². The summed E-state index contributed by atoms with van der Waals surface area (Å²) in [4.78, 5) is 12.4. The monoisotopic (exact) mass is 375 g/mol. The summed E-state index contributed by atoms with van der Waals surface area (Å²) in [6.45, 7) is 5.81. The van der Waals surface area contributed by atoms with Crippen LogP contribution in [0.3, 0.4) is 0 Å². The summed E-state index contributed by atoms with van der Waals surface area (Å²) in [6.07, 6.45) is 0.795. The number of benzene rings is 1. The van der Waals surface area contributed by atoms with Crippen molar-refractivity contribution in [2.45, 2.75) is 37.6 Å². The second kappa shape index (κ2) is 7.70. The number of nitrogens with one attached hydrogen (secondary N) is 1. The molecule has 3 aromatic rings. The molecule has 1 N–H and O–H groups in total. The van der Waals surface area contributed by atoms with Gasteiger partial charge in [0.1, 0.15) is 5.01 Å². The van der Waals surface area contributed by atoms with Crippen molar-refractivity contribution in [1.29, 1.82) is 0 Å². The third kappa shape index (κ3) is 4.20. The number of carbonyl (C=O) groups excluding carboxylic acids is 1. The fraction of sp³-hybridized carbons (Fsp3) is 0.333. The number of thioether (sulfide) groups is 1. The minimum atomic E-state index is -0.385. The zero-order chi connectivity index (χ0) is 17.8. The molecule has 0 saturated carbocycles. The maximum atomic E-state index is 12.4. The van der Waals surface area contributed by atoms with Gasteiger partial charge in [0.15, 0.2) is 0 Å². The van der Waals surface area contributed by atoms with Gasteiger partial charge in [-0.05, 0) is 42.8 Å². The topological polar surface area (TPSA) is 98.5 Å². The number of carbonyl (C=O) groups is 1. The van der Waals surface area contributed by atoms with Crippen molar-refractivity contribution >= 4 is 34.1 Å². The lowest BCUT2D eigenvalue weighted by molar-refractivity contribution is -0.115. The van der Waals surface area contributed by atoms with Gasteiger partial charge in [0.05, 0.1) is 10.9 Å². The van der Waals surface area contributed by atoms with Crippen LogP contribution in [0.5, 0.6) is 0 Å². The van der Waals surface area contributed by atoms with E-state index in [-0.39, 0.29) is 11.2 Å². The molecule has 25 heavy (non-hydrogen) atoms. The molecule has 1 atom stereocenters. The molecule has 0 bridgehead atoms. The standard InChI is InChI=1S/C15H17N7OS2/c1-4-12-17-18-14(25-12)16-13(23)10(3)24-15-19-20-21-22(15)11-7-5-9(2)6-8-11/h5-8,10H,4H2,1-3H3,(H,16,18,23)/t10-/m0/s1. The molecule has 3 rings (SSSR count). The highest BCUT2D eigenvalue weighted by Crippen LogP contribution is 2.24. The quantitative estimate of drug-likeness (QED) is 0.661. The summed E-state index contributed by atoms with van der Waals surface area (Å²) in [7, 11) is 0. The summed E-state index contributed by atoms with van der Waals surface area (Å²) < 4.78 is 1.62. The van der Waals surface area contributed by atoms with E-state index in [0.29, 0.717) is 10.3 Å². The lowest BCUT2D eigenvalue weighted by atomic mass is 10.2. The highest BCUT2D eigenvalue weighted by atomic mass is 32.2. The lowest BCUT2D eigenvalue weighted by Gasteiger charge is -2.10. The third-order valence-corrected chi connectivity index (χ3v) is 5.39. The predicted molar refractivity (Wildman–Crippen MR) is 97.1 cm³/mol. The molecule has 8 nitrogen and oxygen atoms in total. The average Bonchev–Trinajstić information content (AvgIpc) is 3.25. The minimum absolute atomic E-state index is 0.165. The van der Waals surface area contributed by atoms with Gasteiger partial charge in [0.25, 0.3) is 0 Å². The van der Waals surface area contributed by atoms with Gasteiger partial charge in [-0.25, -0.2) is 0 Å². The third-order valence-electron chi connectivity index (χ3n) is 3.37. The van der Waals surface area contributed by atoms with Gasteiger partial charge in [-0.3, -0.25) is 10.1 Å². The van der Waals surface area contributed by atoms with Crippen molar-refractivity contribution in [1.82, 2.24) is 30.4 Å². The van der Waals surface area contributed by atoms with Crippen LogP contribution >= 0.6 is 23.1 Å². The molecule has 0 spiro atoms. The molecule has 0 saturated heterocycles. The molecule has 0 aliphatic carbocycles. The number of hydrogen-bond acceptors (Lipinski definition) is 8. The molecule has 0 aliphatic rings. The highest BCUT2D eigenvalue weighted by molar-refractivity contribution is 8.00. The van der Waals surface area contributed by atoms with Gasteiger partial charge in [-0.1, -0.05) is 47.7 Å². The summed E-state index contributed by atoms with van der Waals surface area (Å²) >= 11 is 2.67. The van der Waals surface area contributed by atoms with E-state index in [1.807, 2.05) is 38.1 Å². The summed E-state index contributed by atoms with van der Waals surface area (Å²) in [5.41, 5.74) is 2.00. The summed E-state index contributed by atoms with van der Waals surface area (Å²) in [5, 5.41) is 24.1. The van der Waals surface area contributed by atoms with Gasteiger partial charge >= 0.3 is 0 Å². The first kappa shape index (κ1) is 17.5. The molecule has 0 radical (unpaired) electrons. The molecule has 10 heteroatoms. The van der Waals surface area contributed by atoms with Crippen LogP contribution in [-0.4, -0.2) is 41.6 Å². The maximum absolute atomic E-state index is 12.4. The largest absolute Gasteiger partial charge is 0.300 e. The molecular formula is C15H17N7OS2. The van der Waals surface area contributed by atoms with E-state index >= 15 is 0 Å². The summed E-state index contributed by atoms with van der Waals surface area (Å²) in [6, 6.07) is 7.85. The lowest BCUT2D eigenvalue weighted by Crippen LogP contribution is -2.22. The number of nitrogens with zero attached hydrogens (tertiary/aromatic N) is 6. The Bertz CT molecular complexity index is 859. The van der Waals surface area contributed by atoms with Gasteiger partial charge in [0, 0.05) is 0 Å². The van der Waals surface area contributed by atoms with E-state index < -0.39 is 0 Å². The van der Waals surface area contributed by atoms with Crippen LogP contribution in [0.1, 0.15) is 24.4 Å². The summed E-state index contributed by atoms with van der Waals surface area (Å²) in [5.74, 6) is -0.165. The van der Waals surface area contributed by atoms with E-state index in [1.54, 1.807) is 11.6 Å². The Morgan fingerprint density at radius 3 is 2.72 bits per heavy atom. The normalized spacial score (nSPS) is 12.1. The van der Waals surface area contributed by atoms with Crippen LogP contribution in [-0.2, 0) is 11.2 Å². The Morgan fingerprint density at radius 1 is 1.28 bits per heavy atom. The van der Waals surface area contributed by atoms with Crippen LogP contribution in [0.4, 0.5) is 5.13 Å². The van der Waals surface area contributed by atoms with Crippen LogP contribution in [0.2, 0.25) is 0 Å². The zero-order valence-corrected chi connectivity index (χ0v) is 15.6. The molecule has 1 amide bonds. The molecular weight excluding hydrogens is 358 g/mol. The molecule has 0 unspecified atom stereocenters. The molecule has 2 heterocycles. The van der Waals surface area contributed by atoms with Crippen LogP contribution in [0.15, 0.2) is 29.4 Å². The fourth-order valence-corrected chi connectivity index (χ4v) is 3.46. The molecule has 1 aromatic carbocycles. The maximum Gasteiger partial charge on any atom is 0.239 e. The molecule has 2 aromatic heterocycles. The van der Waals surface area contributed by atoms with Crippen molar-refractivity contribution in [2.24, 2.45) is 0 Å². The number of hydrogen-bond donors (Lipinski definition) is 1. The Balaban J connectivity index is 1.68. The first-order chi connectivity index (χ1) is 12.1. The zero-order valence-electron chi connectivity index (χ0n) is 14.0. The van der Waals surface area contributed by atoms with E-state index in [4.69, 9.17) is 0 Å². The first-order valence-corrected chi connectivity index (χ1v) is 9.41. The van der Waals surface area contributed by atoms with Crippen LogP contribution in [0, 0.1) is 6.92 Å². The van der Waals surface area contributed by atoms with Crippen LogP contribution in [0.25, 0.3) is 5.69 Å². The number of amides is 1. The minimum Gasteiger partial charge on any atom is -0.300 e. The van der Waals surface area contributed by atoms with E-state index in [0.717, 1.165) is 22.7 Å². The number of anilines is 1. The number of tetrazole rings is 1. The number of rotatable bonds is 6. The van der Waals surface area contributed by atoms with Crippen LogP contribution < -0.4 is 5.32 Å². The highest BCUT2D eigenvalue weighted by Gasteiger charge is 2.20. The van der Waals surface area contributed by atoms with Gasteiger partial charge < -0.3 is 0 Å². The number of aromatic nitrogens is 6. The van der Waals surface area contributed by atoms with Crippen molar-refractivity contribution in [2.75, 3.05) is 5.32 Å². The average molecular weight is 375 g/mol. The van der Waals surface area contributed by atoms with E-state index in [9.17, 15) is 4.79 Å². The molecule has 0 fully saturated rings. The SMILES string of the molecule is CCc1nnc(NC(=O)[C@H](C)Sc2nnnn2-c2ccc(C)cc2)s1. The number of aryl methyl sites for hydroxylation is 2. The van der Waals surface area contributed by atoms with Gasteiger partial charge in [-0.15, -0.1) is 15.3 Å². The van der Waals surface area contributed by atoms with Crippen molar-refractivity contribution in [3.63, 3.8) is 0 Å². The van der Waals surface area contributed by atoms with Crippen molar-refractivity contribution in [3.05, 3.63) is 34.8 Å². The predicted octanol–water partition coefficient (Wildman–Crippen LogP) is 2.50. The second-order valence-corrected chi connectivity index (χ2v) is 7.68. The van der Waals surface area contributed by atoms with E-state index in [2.05, 4.69) is 31.0 Å². The molecule has 0 aliphatic heterocycles. The Kier molecular flexibility index (Phi) is 5.39. The second-order valence-electron chi connectivity index (χ2n) is 5.31. The van der Waals surface area contributed by atoms with Gasteiger partial charge in [0.2, 0.25) is 16.2 Å². The smallest absolute Gasteiger partial charge is 0.239 e.